The van der Waals surface area contributed by atoms with Gasteiger partial charge in [0.1, 0.15) is 0 Å². The van der Waals surface area contributed by atoms with Crippen molar-refractivity contribution >= 4 is 6.03 Å². The summed E-state index contributed by atoms with van der Waals surface area (Å²) in [5.41, 5.74) is 1.04. The summed E-state index contributed by atoms with van der Waals surface area (Å²) < 4.78 is 0. The van der Waals surface area contributed by atoms with Crippen molar-refractivity contribution in [3.8, 4) is 0 Å². The highest BCUT2D eigenvalue weighted by atomic mass is 16.2. The van der Waals surface area contributed by atoms with Crippen LogP contribution in [0.2, 0.25) is 0 Å². The molecule has 1 N–H and O–H groups in total. The minimum atomic E-state index is -0.0462. The summed E-state index contributed by atoms with van der Waals surface area (Å²) in [5, 5.41) is 2.90. The lowest BCUT2D eigenvalue weighted by molar-refractivity contribution is 0.193. The van der Waals surface area contributed by atoms with Crippen molar-refractivity contribution in [3.05, 3.63) is 30.1 Å². The molecule has 0 aromatic carbocycles. The SMILES string of the molecule is CC(C)CNC(=O)N(C)C(C)c1cccnc1. The summed E-state index contributed by atoms with van der Waals surface area (Å²) in [6, 6.07) is 3.83. The first-order valence-corrected chi connectivity index (χ1v) is 5.93. The minimum absolute atomic E-state index is 0.0239. The van der Waals surface area contributed by atoms with E-state index in [1.165, 1.54) is 0 Å². The first-order chi connectivity index (χ1) is 8.02. The Balaban J connectivity index is 2.57. The lowest BCUT2D eigenvalue weighted by atomic mass is 10.1. The molecule has 1 heterocycles. The molecule has 1 rings (SSSR count). The van der Waals surface area contributed by atoms with E-state index >= 15 is 0 Å². The highest BCUT2D eigenvalue weighted by molar-refractivity contribution is 5.74. The minimum Gasteiger partial charge on any atom is -0.338 e. The number of hydrogen-bond donors (Lipinski definition) is 1. The molecule has 0 fully saturated rings. The molecule has 4 nitrogen and oxygen atoms in total. The second-order valence-electron chi connectivity index (χ2n) is 4.65. The van der Waals surface area contributed by atoms with Gasteiger partial charge in [-0.1, -0.05) is 19.9 Å². The predicted molar refractivity (Wildman–Crippen MR) is 68.7 cm³/mol. The van der Waals surface area contributed by atoms with Gasteiger partial charge in [-0.3, -0.25) is 4.98 Å². The number of urea groups is 1. The van der Waals surface area contributed by atoms with Crippen LogP contribution in [0, 0.1) is 5.92 Å². The van der Waals surface area contributed by atoms with Gasteiger partial charge in [0, 0.05) is 26.0 Å². The highest BCUT2D eigenvalue weighted by Gasteiger charge is 2.16. The number of hydrogen-bond acceptors (Lipinski definition) is 2. The van der Waals surface area contributed by atoms with E-state index in [0.29, 0.717) is 12.5 Å². The molecule has 4 heteroatoms. The summed E-state index contributed by atoms with van der Waals surface area (Å²) in [6.07, 6.45) is 3.52. The van der Waals surface area contributed by atoms with Gasteiger partial charge >= 0.3 is 6.03 Å². The third-order valence-corrected chi connectivity index (χ3v) is 2.73. The zero-order valence-corrected chi connectivity index (χ0v) is 11.0. The largest absolute Gasteiger partial charge is 0.338 e. The van der Waals surface area contributed by atoms with E-state index in [0.717, 1.165) is 5.56 Å². The third kappa shape index (κ3) is 4.06. The molecule has 1 aromatic heterocycles. The quantitative estimate of drug-likeness (QED) is 0.871. The zero-order chi connectivity index (χ0) is 12.8. The van der Waals surface area contributed by atoms with Crippen LogP contribution >= 0.6 is 0 Å². The summed E-state index contributed by atoms with van der Waals surface area (Å²) >= 11 is 0. The number of carbonyl (C=O) groups excluding carboxylic acids is 1. The van der Waals surface area contributed by atoms with E-state index in [1.807, 2.05) is 19.1 Å². The Labute approximate surface area is 103 Å². The number of carbonyl (C=O) groups is 1. The molecule has 94 valence electrons. The summed E-state index contributed by atoms with van der Waals surface area (Å²) in [7, 11) is 1.80. The number of rotatable bonds is 4. The fourth-order valence-corrected chi connectivity index (χ4v) is 1.44. The molecule has 0 spiro atoms. The van der Waals surface area contributed by atoms with Crippen molar-refractivity contribution in [2.45, 2.75) is 26.8 Å². The van der Waals surface area contributed by atoms with Crippen molar-refractivity contribution in [2.24, 2.45) is 5.92 Å². The van der Waals surface area contributed by atoms with Crippen LogP contribution in [0.25, 0.3) is 0 Å². The molecular weight excluding hydrogens is 214 g/mol. The van der Waals surface area contributed by atoms with Crippen molar-refractivity contribution in [1.29, 1.82) is 0 Å². The number of nitrogens with zero attached hydrogens (tertiary/aromatic N) is 2. The van der Waals surface area contributed by atoms with E-state index in [2.05, 4.69) is 24.1 Å². The molecule has 0 aliphatic rings. The topological polar surface area (TPSA) is 45.2 Å². The van der Waals surface area contributed by atoms with E-state index in [4.69, 9.17) is 0 Å². The van der Waals surface area contributed by atoms with Gasteiger partial charge in [0.2, 0.25) is 0 Å². The molecule has 2 amide bonds. The first-order valence-electron chi connectivity index (χ1n) is 5.93. The van der Waals surface area contributed by atoms with Crippen LogP contribution < -0.4 is 5.32 Å². The fourth-order valence-electron chi connectivity index (χ4n) is 1.44. The number of amides is 2. The van der Waals surface area contributed by atoms with Gasteiger partial charge < -0.3 is 10.2 Å². The molecule has 1 aromatic rings. The second kappa shape index (κ2) is 6.23. The molecule has 17 heavy (non-hydrogen) atoms. The van der Waals surface area contributed by atoms with Crippen LogP contribution in [0.1, 0.15) is 32.4 Å². The first kappa shape index (κ1) is 13.5. The molecule has 0 saturated heterocycles. The van der Waals surface area contributed by atoms with Gasteiger partial charge in [-0.2, -0.15) is 0 Å². The Morgan fingerprint density at radius 3 is 2.71 bits per heavy atom. The van der Waals surface area contributed by atoms with E-state index in [1.54, 1.807) is 24.3 Å². The summed E-state index contributed by atoms with van der Waals surface area (Å²) in [4.78, 5) is 17.6. The average molecular weight is 235 g/mol. The number of aromatic nitrogens is 1. The molecule has 0 aliphatic heterocycles. The van der Waals surface area contributed by atoms with E-state index < -0.39 is 0 Å². The van der Waals surface area contributed by atoms with E-state index in [9.17, 15) is 4.79 Å². The maximum Gasteiger partial charge on any atom is 0.317 e. The van der Waals surface area contributed by atoms with Gasteiger partial charge in [-0.25, -0.2) is 4.79 Å². The Morgan fingerprint density at radius 2 is 2.18 bits per heavy atom. The molecule has 1 atom stereocenters. The van der Waals surface area contributed by atoms with Crippen LogP contribution in [0.3, 0.4) is 0 Å². The summed E-state index contributed by atoms with van der Waals surface area (Å²) in [6.45, 7) is 6.84. The van der Waals surface area contributed by atoms with Gasteiger partial charge in [-0.05, 0) is 24.5 Å². The number of pyridine rings is 1. The molecule has 0 saturated carbocycles. The van der Waals surface area contributed by atoms with Crippen LogP contribution in [-0.4, -0.2) is 29.5 Å². The molecule has 1 unspecified atom stereocenters. The maximum atomic E-state index is 11.9. The van der Waals surface area contributed by atoms with Crippen LogP contribution in [0.15, 0.2) is 24.5 Å². The lowest BCUT2D eigenvalue weighted by Gasteiger charge is -2.25. The monoisotopic (exact) mass is 235 g/mol. The Morgan fingerprint density at radius 1 is 1.47 bits per heavy atom. The highest BCUT2D eigenvalue weighted by Crippen LogP contribution is 2.16. The Kier molecular flexibility index (Phi) is 4.94. The fraction of sp³-hybridized carbons (Fsp3) is 0.538. The van der Waals surface area contributed by atoms with Crippen molar-refractivity contribution < 1.29 is 4.79 Å². The Hall–Kier alpha value is -1.58. The molecule has 0 bridgehead atoms. The third-order valence-electron chi connectivity index (χ3n) is 2.73. The van der Waals surface area contributed by atoms with E-state index in [-0.39, 0.29) is 12.1 Å². The van der Waals surface area contributed by atoms with Crippen LogP contribution in [0.4, 0.5) is 4.79 Å². The smallest absolute Gasteiger partial charge is 0.317 e. The van der Waals surface area contributed by atoms with Crippen molar-refractivity contribution in [3.63, 3.8) is 0 Å². The second-order valence-corrected chi connectivity index (χ2v) is 4.65. The van der Waals surface area contributed by atoms with Crippen LogP contribution in [0.5, 0.6) is 0 Å². The maximum absolute atomic E-state index is 11.9. The average Bonchev–Trinajstić information content (AvgIpc) is 2.35. The van der Waals surface area contributed by atoms with Crippen molar-refractivity contribution in [1.82, 2.24) is 15.2 Å². The van der Waals surface area contributed by atoms with Gasteiger partial charge in [0.15, 0.2) is 0 Å². The Bertz CT molecular complexity index is 351. The molecular formula is C13H21N3O. The normalized spacial score (nSPS) is 12.3. The lowest BCUT2D eigenvalue weighted by Crippen LogP contribution is -2.40. The number of nitrogens with one attached hydrogen (secondary N) is 1. The van der Waals surface area contributed by atoms with Gasteiger partial charge in [0.05, 0.1) is 6.04 Å². The van der Waals surface area contributed by atoms with Crippen LogP contribution in [-0.2, 0) is 0 Å². The van der Waals surface area contributed by atoms with Crippen molar-refractivity contribution in [2.75, 3.05) is 13.6 Å². The van der Waals surface area contributed by atoms with Gasteiger partial charge in [0.25, 0.3) is 0 Å². The molecule has 0 aliphatic carbocycles. The molecule has 0 radical (unpaired) electrons. The standard InChI is InChI=1S/C13H21N3O/c1-10(2)8-15-13(17)16(4)11(3)12-6-5-7-14-9-12/h5-7,9-11H,8H2,1-4H3,(H,15,17). The summed E-state index contributed by atoms with van der Waals surface area (Å²) in [5.74, 6) is 0.459. The van der Waals surface area contributed by atoms with Gasteiger partial charge in [-0.15, -0.1) is 0 Å². The predicted octanol–water partition coefficient (Wildman–Crippen LogP) is 2.44. The zero-order valence-electron chi connectivity index (χ0n) is 11.0.